The van der Waals surface area contributed by atoms with Crippen molar-refractivity contribution in [3.05, 3.63) is 0 Å². The minimum atomic E-state index is -0.0492. The summed E-state index contributed by atoms with van der Waals surface area (Å²) in [5.74, 6) is 0.0952. The van der Waals surface area contributed by atoms with Crippen LogP contribution in [0.5, 0.6) is 0 Å². The number of rotatable bonds is 1. The third-order valence-corrected chi connectivity index (χ3v) is 2.69. The lowest BCUT2D eigenvalue weighted by molar-refractivity contribution is -0.129. The van der Waals surface area contributed by atoms with Crippen molar-refractivity contribution in [2.45, 2.75) is 24.9 Å². The largest absolute Gasteiger partial charge is 0.394 e. The maximum Gasteiger partial charge on any atom is 0.237 e. The quantitative estimate of drug-likeness (QED) is 0.527. The zero-order chi connectivity index (χ0) is 8.55. The average Bonchev–Trinajstić information content (AvgIpc) is 2.52. The van der Waals surface area contributed by atoms with Gasteiger partial charge < -0.3 is 10.4 Å². The van der Waals surface area contributed by atoms with Crippen molar-refractivity contribution in [2.75, 3.05) is 19.7 Å². The van der Waals surface area contributed by atoms with E-state index in [1.54, 1.807) is 0 Å². The molecular formula is C8H14N2O2. The molecule has 12 heavy (non-hydrogen) atoms. The van der Waals surface area contributed by atoms with Crippen molar-refractivity contribution in [3.8, 4) is 0 Å². The van der Waals surface area contributed by atoms with E-state index in [2.05, 4.69) is 10.2 Å². The summed E-state index contributed by atoms with van der Waals surface area (Å²) >= 11 is 0. The van der Waals surface area contributed by atoms with E-state index in [0.717, 1.165) is 25.9 Å². The Kier molecular flexibility index (Phi) is 2.02. The lowest BCUT2D eigenvalue weighted by Crippen LogP contribution is -2.58. The number of carbonyl (C=O) groups is 1. The highest BCUT2D eigenvalue weighted by atomic mass is 16.3. The molecule has 2 atom stereocenters. The molecule has 2 rings (SSSR count). The summed E-state index contributed by atoms with van der Waals surface area (Å²) in [5.41, 5.74) is 0. The van der Waals surface area contributed by atoms with Crippen molar-refractivity contribution in [2.24, 2.45) is 0 Å². The molecule has 2 saturated heterocycles. The number of hydrogen-bond acceptors (Lipinski definition) is 3. The normalized spacial score (nSPS) is 36.2. The summed E-state index contributed by atoms with van der Waals surface area (Å²) in [7, 11) is 0. The molecule has 0 aromatic heterocycles. The summed E-state index contributed by atoms with van der Waals surface area (Å²) in [4.78, 5) is 13.5. The molecule has 2 fully saturated rings. The molecule has 1 amide bonds. The minimum absolute atomic E-state index is 0.0492. The fourth-order valence-corrected chi connectivity index (χ4v) is 2.07. The van der Waals surface area contributed by atoms with Gasteiger partial charge in [0, 0.05) is 6.54 Å². The second-order valence-electron chi connectivity index (χ2n) is 3.54. The smallest absolute Gasteiger partial charge is 0.237 e. The number of fused-ring (bicyclic) bond motifs is 1. The first kappa shape index (κ1) is 8.01. The van der Waals surface area contributed by atoms with E-state index in [9.17, 15) is 4.79 Å². The summed E-state index contributed by atoms with van der Waals surface area (Å²) in [6, 6.07) is 0.0413. The molecule has 0 saturated carbocycles. The number of nitrogens with zero attached hydrogens (tertiary/aromatic N) is 1. The van der Waals surface area contributed by atoms with Gasteiger partial charge in [0.2, 0.25) is 5.91 Å². The summed E-state index contributed by atoms with van der Waals surface area (Å²) in [6.45, 7) is 1.87. The van der Waals surface area contributed by atoms with Crippen molar-refractivity contribution >= 4 is 5.91 Å². The zero-order valence-corrected chi connectivity index (χ0v) is 6.99. The third kappa shape index (κ3) is 1.21. The SMILES string of the molecule is O=C1NC(CO)CN2CCCC12. The Labute approximate surface area is 71.5 Å². The molecule has 2 aliphatic heterocycles. The molecule has 68 valence electrons. The maximum atomic E-state index is 11.4. The number of amides is 1. The lowest BCUT2D eigenvalue weighted by atomic mass is 10.1. The molecule has 0 spiro atoms. The number of aliphatic hydroxyl groups is 1. The number of hydrogen-bond donors (Lipinski definition) is 2. The fourth-order valence-electron chi connectivity index (χ4n) is 2.07. The molecule has 4 nitrogen and oxygen atoms in total. The molecule has 0 aromatic carbocycles. The first-order chi connectivity index (χ1) is 5.81. The van der Waals surface area contributed by atoms with Crippen LogP contribution in [0.1, 0.15) is 12.8 Å². The van der Waals surface area contributed by atoms with Crippen LogP contribution in [0, 0.1) is 0 Å². The molecule has 4 heteroatoms. The highest BCUT2D eigenvalue weighted by Crippen LogP contribution is 2.20. The Morgan fingerprint density at radius 2 is 2.50 bits per heavy atom. The summed E-state index contributed by atoms with van der Waals surface area (Å²) in [6.07, 6.45) is 2.08. The van der Waals surface area contributed by atoms with Gasteiger partial charge in [0.15, 0.2) is 0 Å². The third-order valence-electron chi connectivity index (χ3n) is 2.69. The second-order valence-corrected chi connectivity index (χ2v) is 3.54. The second kappa shape index (κ2) is 3.03. The molecular weight excluding hydrogens is 156 g/mol. The monoisotopic (exact) mass is 170 g/mol. The van der Waals surface area contributed by atoms with Crippen LogP contribution in [0.2, 0.25) is 0 Å². The minimum Gasteiger partial charge on any atom is -0.394 e. The molecule has 0 bridgehead atoms. The number of aliphatic hydroxyl groups excluding tert-OH is 1. The first-order valence-corrected chi connectivity index (χ1v) is 4.46. The van der Waals surface area contributed by atoms with E-state index >= 15 is 0 Å². The van der Waals surface area contributed by atoms with Crippen LogP contribution in [0.15, 0.2) is 0 Å². The Bertz CT molecular complexity index is 195. The number of nitrogens with one attached hydrogen (secondary N) is 1. The average molecular weight is 170 g/mol. The van der Waals surface area contributed by atoms with E-state index in [1.165, 1.54) is 0 Å². The predicted octanol–water partition coefficient (Wildman–Crippen LogP) is -1.06. The van der Waals surface area contributed by atoms with Crippen LogP contribution in [0.25, 0.3) is 0 Å². The molecule has 2 N–H and O–H groups in total. The van der Waals surface area contributed by atoms with Crippen LogP contribution in [0.4, 0.5) is 0 Å². The van der Waals surface area contributed by atoms with Gasteiger partial charge in [-0.3, -0.25) is 9.69 Å². The summed E-state index contributed by atoms with van der Waals surface area (Å²) < 4.78 is 0. The van der Waals surface area contributed by atoms with Crippen LogP contribution in [0.3, 0.4) is 0 Å². The van der Waals surface area contributed by atoms with Crippen molar-refractivity contribution < 1.29 is 9.90 Å². The highest BCUT2D eigenvalue weighted by Gasteiger charge is 2.36. The van der Waals surface area contributed by atoms with E-state index in [4.69, 9.17) is 5.11 Å². The molecule has 0 radical (unpaired) electrons. The molecule has 0 aliphatic carbocycles. The first-order valence-electron chi connectivity index (χ1n) is 4.46. The van der Waals surface area contributed by atoms with Crippen molar-refractivity contribution in [1.29, 1.82) is 0 Å². The summed E-state index contributed by atoms with van der Waals surface area (Å²) in [5, 5.41) is 11.7. The van der Waals surface area contributed by atoms with Crippen LogP contribution >= 0.6 is 0 Å². The molecule has 0 aromatic rings. The zero-order valence-electron chi connectivity index (χ0n) is 6.99. The van der Waals surface area contributed by atoms with Gasteiger partial charge in [-0.2, -0.15) is 0 Å². The van der Waals surface area contributed by atoms with E-state index in [0.29, 0.717) is 0 Å². The van der Waals surface area contributed by atoms with Crippen LogP contribution in [-0.4, -0.2) is 47.7 Å². The Morgan fingerprint density at radius 1 is 1.67 bits per heavy atom. The van der Waals surface area contributed by atoms with Gasteiger partial charge in [-0.15, -0.1) is 0 Å². The Hall–Kier alpha value is -0.610. The Balaban J connectivity index is 2.05. The predicted molar refractivity (Wildman–Crippen MR) is 43.6 cm³/mol. The molecule has 2 unspecified atom stereocenters. The molecule has 2 heterocycles. The topological polar surface area (TPSA) is 52.6 Å². The van der Waals surface area contributed by atoms with Crippen molar-refractivity contribution in [3.63, 3.8) is 0 Å². The maximum absolute atomic E-state index is 11.4. The highest BCUT2D eigenvalue weighted by molar-refractivity contribution is 5.83. The van der Waals surface area contributed by atoms with Gasteiger partial charge in [-0.05, 0) is 19.4 Å². The van der Waals surface area contributed by atoms with E-state index in [-0.39, 0.29) is 24.6 Å². The van der Waals surface area contributed by atoms with Crippen molar-refractivity contribution in [1.82, 2.24) is 10.2 Å². The van der Waals surface area contributed by atoms with Gasteiger partial charge >= 0.3 is 0 Å². The van der Waals surface area contributed by atoms with E-state index in [1.807, 2.05) is 0 Å². The molecule has 2 aliphatic rings. The van der Waals surface area contributed by atoms with Crippen LogP contribution < -0.4 is 5.32 Å². The fraction of sp³-hybridized carbons (Fsp3) is 0.875. The van der Waals surface area contributed by atoms with Gasteiger partial charge in [0.05, 0.1) is 18.7 Å². The number of piperazine rings is 1. The van der Waals surface area contributed by atoms with E-state index < -0.39 is 0 Å². The Morgan fingerprint density at radius 3 is 3.25 bits per heavy atom. The lowest BCUT2D eigenvalue weighted by Gasteiger charge is -2.34. The van der Waals surface area contributed by atoms with Crippen LogP contribution in [-0.2, 0) is 4.79 Å². The van der Waals surface area contributed by atoms with Gasteiger partial charge in [-0.25, -0.2) is 0 Å². The van der Waals surface area contributed by atoms with Gasteiger partial charge in [-0.1, -0.05) is 0 Å². The van der Waals surface area contributed by atoms with Gasteiger partial charge in [0.1, 0.15) is 0 Å². The number of carbonyl (C=O) groups excluding carboxylic acids is 1. The van der Waals surface area contributed by atoms with Gasteiger partial charge in [0.25, 0.3) is 0 Å². The standard InChI is InChI=1S/C8H14N2O2/c11-5-6-4-10-3-1-2-7(10)8(12)9-6/h6-7,11H,1-5H2,(H,9,12).